The van der Waals surface area contributed by atoms with Crippen LogP contribution in [0.4, 0.5) is 4.39 Å². The Kier molecular flexibility index (Phi) is 4.24. The predicted molar refractivity (Wildman–Crippen MR) is 84.1 cm³/mol. The number of fused-ring (bicyclic) bond motifs is 1. The summed E-state index contributed by atoms with van der Waals surface area (Å²) in [4.78, 5) is 7.17. The minimum Gasteiger partial charge on any atom is -0.325 e. The van der Waals surface area contributed by atoms with Crippen LogP contribution in [0.2, 0.25) is 0 Å². The minimum absolute atomic E-state index is 0.201. The van der Waals surface area contributed by atoms with Crippen LogP contribution in [0, 0.1) is 5.82 Å². The average Bonchev–Trinajstić information content (AvgIpc) is 2.86. The van der Waals surface area contributed by atoms with Gasteiger partial charge in [0.25, 0.3) is 0 Å². The minimum atomic E-state index is -0.201. The molecule has 21 heavy (non-hydrogen) atoms. The molecule has 0 amide bonds. The molecule has 2 aromatic rings. The zero-order chi connectivity index (χ0) is 14.8. The third kappa shape index (κ3) is 2.82. The van der Waals surface area contributed by atoms with Crippen LogP contribution in [-0.4, -0.2) is 34.1 Å². The van der Waals surface area contributed by atoms with Crippen molar-refractivity contribution in [2.45, 2.75) is 45.6 Å². The standard InChI is InChI=1S/C17H24FN3/c1-3-9-20-10-7-14(8-11-20)21-16-6-5-13(18)12-15(16)19-17(21)4-2/h5-6,12,14H,3-4,7-11H2,1-2H3. The van der Waals surface area contributed by atoms with E-state index in [0.29, 0.717) is 6.04 Å². The molecule has 1 fully saturated rings. The molecule has 0 aliphatic carbocycles. The summed E-state index contributed by atoms with van der Waals surface area (Å²) in [7, 11) is 0. The van der Waals surface area contributed by atoms with Crippen LogP contribution >= 0.6 is 0 Å². The zero-order valence-electron chi connectivity index (χ0n) is 13.0. The van der Waals surface area contributed by atoms with Crippen LogP contribution in [0.15, 0.2) is 18.2 Å². The summed E-state index contributed by atoms with van der Waals surface area (Å²) in [5.41, 5.74) is 1.88. The summed E-state index contributed by atoms with van der Waals surface area (Å²) in [5, 5.41) is 0. The molecule has 1 aliphatic rings. The first kappa shape index (κ1) is 14.5. The van der Waals surface area contributed by atoms with E-state index in [-0.39, 0.29) is 5.82 Å². The number of nitrogens with zero attached hydrogens (tertiary/aromatic N) is 3. The number of aryl methyl sites for hydroxylation is 1. The molecule has 3 rings (SSSR count). The van der Waals surface area contributed by atoms with Crippen molar-refractivity contribution in [3.05, 3.63) is 29.8 Å². The summed E-state index contributed by atoms with van der Waals surface area (Å²) >= 11 is 0. The Balaban J connectivity index is 1.89. The molecule has 0 bridgehead atoms. The second kappa shape index (κ2) is 6.14. The first-order chi connectivity index (χ1) is 10.2. The van der Waals surface area contributed by atoms with Crippen molar-refractivity contribution in [2.24, 2.45) is 0 Å². The number of benzene rings is 1. The first-order valence-electron chi connectivity index (χ1n) is 8.11. The molecule has 1 aromatic heterocycles. The Morgan fingerprint density at radius 3 is 2.67 bits per heavy atom. The number of hydrogen-bond acceptors (Lipinski definition) is 2. The highest BCUT2D eigenvalue weighted by molar-refractivity contribution is 5.76. The molecule has 0 unspecified atom stereocenters. The highest BCUT2D eigenvalue weighted by Gasteiger charge is 2.23. The highest BCUT2D eigenvalue weighted by Crippen LogP contribution is 2.29. The summed E-state index contributed by atoms with van der Waals surface area (Å²) in [5.74, 6) is 0.886. The number of imidazole rings is 1. The Morgan fingerprint density at radius 2 is 2.00 bits per heavy atom. The maximum Gasteiger partial charge on any atom is 0.125 e. The fourth-order valence-electron chi connectivity index (χ4n) is 3.50. The van der Waals surface area contributed by atoms with Gasteiger partial charge in [0.1, 0.15) is 11.6 Å². The highest BCUT2D eigenvalue weighted by atomic mass is 19.1. The van der Waals surface area contributed by atoms with Gasteiger partial charge in [-0.15, -0.1) is 0 Å². The van der Waals surface area contributed by atoms with E-state index in [9.17, 15) is 4.39 Å². The van der Waals surface area contributed by atoms with Gasteiger partial charge in [0, 0.05) is 31.6 Å². The number of piperidine rings is 1. The van der Waals surface area contributed by atoms with Crippen LogP contribution in [0.3, 0.4) is 0 Å². The molecule has 1 saturated heterocycles. The van der Waals surface area contributed by atoms with Crippen molar-refractivity contribution in [3.8, 4) is 0 Å². The monoisotopic (exact) mass is 289 g/mol. The van der Waals surface area contributed by atoms with Gasteiger partial charge in [-0.1, -0.05) is 13.8 Å². The van der Waals surface area contributed by atoms with Crippen molar-refractivity contribution in [3.63, 3.8) is 0 Å². The van der Waals surface area contributed by atoms with Gasteiger partial charge in [0.2, 0.25) is 0 Å². The number of hydrogen-bond donors (Lipinski definition) is 0. The van der Waals surface area contributed by atoms with E-state index in [4.69, 9.17) is 0 Å². The van der Waals surface area contributed by atoms with Crippen molar-refractivity contribution < 1.29 is 4.39 Å². The molecule has 2 heterocycles. The average molecular weight is 289 g/mol. The lowest BCUT2D eigenvalue weighted by Crippen LogP contribution is -2.35. The predicted octanol–water partition coefficient (Wildman–Crippen LogP) is 3.78. The topological polar surface area (TPSA) is 21.1 Å². The molecule has 1 aromatic carbocycles. The lowest BCUT2D eigenvalue weighted by Gasteiger charge is -2.33. The summed E-state index contributed by atoms with van der Waals surface area (Å²) in [6.45, 7) is 7.87. The summed E-state index contributed by atoms with van der Waals surface area (Å²) < 4.78 is 15.8. The Hall–Kier alpha value is -1.42. The van der Waals surface area contributed by atoms with Gasteiger partial charge < -0.3 is 9.47 Å². The quantitative estimate of drug-likeness (QED) is 0.854. The van der Waals surface area contributed by atoms with Crippen LogP contribution in [0.1, 0.15) is 45.0 Å². The number of likely N-dealkylation sites (tertiary alicyclic amines) is 1. The molecule has 0 saturated carbocycles. The largest absolute Gasteiger partial charge is 0.325 e. The molecule has 0 radical (unpaired) electrons. The Bertz CT molecular complexity index is 612. The maximum atomic E-state index is 13.4. The van der Waals surface area contributed by atoms with E-state index >= 15 is 0 Å². The van der Waals surface area contributed by atoms with Gasteiger partial charge in [0.15, 0.2) is 0 Å². The van der Waals surface area contributed by atoms with Crippen LogP contribution in [0.25, 0.3) is 11.0 Å². The van der Waals surface area contributed by atoms with Crippen LogP contribution in [-0.2, 0) is 6.42 Å². The molecule has 0 atom stereocenters. The normalized spacial score (nSPS) is 17.7. The number of halogens is 1. The van der Waals surface area contributed by atoms with E-state index in [1.165, 1.54) is 13.0 Å². The van der Waals surface area contributed by atoms with E-state index < -0.39 is 0 Å². The molecule has 0 N–H and O–H groups in total. The third-order valence-corrected chi connectivity index (χ3v) is 4.50. The summed E-state index contributed by atoms with van der Waals surface area (Å²) in [6, 6.07) is 5.49. The fraction of sp³-hybridized carbons (Fsp3) is 0.588. The van der Waals surface area contributed by atoms with Crippen LogP contribution in [0.5, 0.6) is 0 Å². The molecule has 3 nitrogen and oxygen atoms in total. The molecule has 0 spiro atoms. The van der Waals surface area contributed by atoms with Crippen molar-refractivity contribution in [1.82, 2.24) is 14.5 Å². The molecular formula is C17H24FN3. The van der Waals surface area contributed by atoms with Gasteiger partial charge in [-0.05, 0) is 37.9 Å². The number of aromatic nitrogens is 2. The van der Waals surface area contributed by atoms with E-state index in [1.807, 2.05) is 6.07 Å². The second-order valence-electron chi connectivity index (χ2n) is 5.96. The van der Waals surface area contributed by atoms with Gasteiger partial charge in [-0.2, -0.15) is 0 Å². The van der Waals surface area contributed by atoms with Gasteiger partial charge >= 0.3 is 0 Å². The van der Waals surface area contributed by atoms with Crippen molar-refractivity contribution >= 4 is 11.0 Å². The third-order valence-electron chi connectivity index (χ3n) is 4.50. The number of rotatable bonds is 4. The van der Waals surface area contributed by atoms with Crippen molar-refractivity contribution in [1.29, 1.82) is 0 Å². The van der Waals surface area contributed by atoms with Crippen LogP contribution < -0.4 is 0 Å². The van der Waals surface area contributed by atoms with Gasteiger partial charge in [0.05, 0.1) is 11.0 Å². The maximum absolute atomic E-state index is 13.4. The Labute approximate surface area is 125 Å². The first-order valence-corrected chi connectivity index (χ1v) is 8.11. The molecular weight excluding hydrogens is 265 g/mol. The van der Waals surface area contributed by atoms with E-state index in [2.05, 4.69) is 28.3 Å². The van der Waals surface area contributed by atoms with Gasteiger partial charge in [-0.25, -0.2) is 9.37 Å². The smallest absolute Gasteiger partial charge is 0.125 e. The Morgan fingerprint density at radius 1 is 1.24 bits per heavy atom. The fourth-order valence-corrected chi connectivity index (χ4v) is 3.50. The van der Waals surface area contributed by atoms with E-state index in [0.717, 1.165) is 49.2 Å². The zero-order valence-corrected chi connectivity index (χ0v) is 13.0. The lowest BCUT2D eigenvalue weighted by molar-refractivity contribution is 0.187. The van der Waals surface area contributed by atoms with Crippen molar-refractivity contribution in [2.75, 3.05) is 19.6 Å². The van der Waals surface area contributed by atoms with Gasteiger partial charge in [-0.3, -0.25) is 0 Å². The SMILES string of the molecule is CCCN1CCC(n2c(CC)nc3cc(F)ccc32)CC1. The molecule has 114 valence electrons. The molecule has 1 aliphatic heterocycles. The molecule has 4 heteroatoms. The lowest BCUT2D eigenvalue weighted by atomic mass is 10.0. The second-order valence-corrected chi connectivity index (χ2v) is 5.96. The summed E-state index contributed by atoms with van der Waals surface area (Å²) in [6.07, 6.45) is 4.44. The van der Waals surface area contributed by atoms with E-state index in [1.54, 1.807) is 12.1 Å².